The molecule has 2 aromatic rings. The Kier molecular flexibility index (Phi) is 16.8. The van der Waals surface area contributed by atoms with E-state index in [0.717, 1.165) is 43.6 Å². The van der Waals surface area contributed by atoms with Gasteiger partial charge in [0, 0.05) is 61.9 Å². The van der Waals surface area contributed by atoms with Crippen molar-refractivity contribution in [2.45, 2.75) is 129 Å². The summed E-state index contributed by atoms with van der Waals surface area (Å²) in [5, 5.41) is 28.5. The maximum absolute atomic E-state index is 14.7. The molecule has 0 unspecified atom stereocenters. The zero-order valence-electron chi connectivity index (χ0n) is 35.0. The van der Waals surface area contributed by atoms with Crippen molar-refractivity contribution in [3.63, 3.8) is 0 Å². The first kappa shape index (κ1) is 46.3. The van der Waals surface area contributed by atoms with E-state index < -0.39 is 52.4 Å². The largest absolute Gasteiger partial charge is 0.481 e. The standard InChI is InChI=1S/C42H62N6O9S/c1-8-19-47(39(51)31(27(5)9-2)22-35(49)33-12-10-11-20-46(33)7)34(26(3)4)23-36(57-41(54)43-6)38-45-32(25-58-38)37(50)44-29(24-42(17-18-42)40(52)53)21-28-13-15-30(16-14-28)48(55)56/h13-16,25-27,29,31,33-34,36H,8-12,17-24H2,1-7H3,(H,43,54)(H,44,50)(H,52,53)/t27-,29-,31-,33+,34+,36+/m0/s1. The second-order valence-electron chi connectivity index (χ2n) is 16.5. The number of amides is 3. The number of Topliss-reactive ketones (excluding diaryl/α,β-unsaturated/α-hetero) is 1. The van der Waals surface area contributed by atoms with Crippen LogP contribution in [0.5, 0.6) is 0 Å². The number of ether oxygens (including phenoxy) is 1. The molecule has 1 aromatic heterocycles. The van der Waals surface area contributed by atoms with Gasteiger partial charge in [0.25, 0.3) is 11.6 Å². The second kappa shape index (κ2) is 21.0. The molecule has 0 bridgehead atoms. The van der Waals surface area contributed by atoms with E-state index in [1.165, 1.54) is 19.2 Å². The molecule has 0 spiro atoms. The SMILES string of the molecule is CCCN(C(=O)[C@@H](CC(=O)[C@H]1CCCCN1C)[C@@H](C)CC)[C@H](C[C@@H](OC(=O)NC)c1nc(C(=O)N[C@@H](Cc2ccc([N+](=O)[O-])cc2)CC2(C(=O)O)CC2)cs1)C(C)C. The molecule has 2 fully saturated rings. The van der Waals surface area contributed by atoms with Gasteiger partial charge in [-0.15, -0.1) is 11.3 Å². The summed E-state index contributed by atoms with van der Waals surface area (Å²) >= 11 is 1.14. The average Bonchev–Trinajstić information content (AvgIpc) is 3.81. The van der Waals surface area contributed by atoms with Crippen LogP contribution in [-0.2, 0) is 25.5 Å². The lowest BCUT2D eigenvalue weighted by Crippen LogP contribution is -2.50. The number of nitrogens with zero attached hydrogens (tertiary/aromatic N) is 4. The number of nitrogens with one attached hydrogen (secondary N) is 2. The van der Waals surface area contributed by atoms with Gasteiger partial charge >= 0.3 is 12.1 Å². The number of hydrogen-bond donors (Lipinski definition) is 3. The first-order valence-electron chi connectivity index (χ1n) is 20.7. The number of nitro benzene ring substituents is 1. The van der Waals surface area contributed by atoms with Crippen molar-refractivity contribution in [3.8, 4) is 0 Å². The van der Waals surface area contributed by atoms with Gasteiger partial charge in [-0.2, -0.15) is 0 Å². The molecule has 58 heavy (non-hydrogen) atoms. The molecule has 320 valence electrons. The van der Waals surface area contributed by atoms with Crippen LogP contribution < -0.4 is 10.6 Å². The number of alkyl carbamates (subject to hydrolysis) is 1. The average molecular weight is 827 g/mol. The van der Waals surface area contributed by atoms with Crippen molar-refractivity contribution >= 4 is 46.7 Å². The number of thiazole rings is 1. The van der Waals surface area contributed by atoms with Crippen LogP contribution in [-0.4, -0.2) is 99.8 Å². The number of ketones is 1. The third-order valence-electron chi connectivity index (χ3n) is 12.0. The summed E-state index contributed by atoms with van der Waals surface area (Å²) in [6.45, 7) is 11.4. The molecule has 1 saturated heterocycles. The molecule has 2 aliphatic rings. The lowest BCUT2D eigenvalue weighted by molar-refractivity contribution is -0.384. The molecule has 0 radical (unpaired) electrons. The summed E-state index contributed by atoms with van der Waals surface area (Å²) in [5.41, 5.74) is -0.279. The van der Waals surface area contributed by atoms with E-state index >= 15 is 0 Å². The topological polar surface area (TPSA) is 201 Å². The van der Waals surface area contributed by atoms with Crippen LogP contribution in [0, 0.1) is 33.3 Å². The van der Waals surface area contributed by atoms with Gasteiger partial charge in [0.2, 0.25) is 5.91 Å². The van der Waals surface area contributed by atoms with E-state index in [2.05, 4.69) is 20.5 Å². The van der Waals surface area contributed by atoms with Gasteiger partial charge in [0.15, 0.2) is 11.9 Å². The maximum Gasteiger partial charge on any atom is 0.407 e. The van der Waals surface area contributed by atoms with Gasteiger partial charge < -0.3 is 25.4 Å². The molecule has 1 aromatic carbocycles. The number of aromatic nitrogens is 1. The van der Waals surface area contributed by atoms with Crippen molar-refractivity contribution in [3.05, 3.63) is 56.0 Å². The lowest BCUT2D eigenvalue weighted by atomic mass is 9.82. The lowest BCUT2D eigenvalue weighted by Gasteiger charge is -2.39. The fraction of sp³-hybridized carbons (Fsp3) is 0.667. The number of hydrogen-bond acceptors (Lipinski definition) is 11. The summed E-state index contributed by atoms with van der Waals surface area (Å²) in [6, 6.07) is 4.72. The molecule has 4 rings (SSSR count). The van der Waals surface area contributed by atoms with Crippen LogP contribution in [0.25, 0.3) is 0 Å². The summed E-state index contributed by atoms with van der Waals surface area (Å²) in [6.07, 6.45) is 4.35. The van der Waals surface area contributed by atoms with E-state index in [4.69, 9.17) is 4.74 Å². The van der Waals surface area contributed by atoms with Crippen LogP contribution in [0.4, 0.5) is 10.5 Å². The number of carboxylic acids is 1. The molecule has 15 nitrogen and oxygen atoms in total. The van der Waals surface area contributed by atoms with Gasteiger partial charge in [-0.1, -0.05) is 59.6 Å². The Morgan fingerprint density at radius 3 is 2.36 bits per heavy atom. The molecular weight excluding hydrogens is 765 g/mol. The predicted molar refractivity (Wildman–Crippen MR) is 220 cm³/mol. The Morgan fingerprint density at radius 1 is 1.12 bits per heavy atom. The highest BCUT2D eigenvalue weighted by atomic mass is 32.1. The molecule has 1 aliphatic carbocycles. The fourth-order valence-corrected chi connectivity index (χ4v) is 8.89. The Labute approximate surface area is 345 Å². The number of benzene rings is 1. The van der Waals surface area contributed by atoms with E-state index in [1.807, 2.05) is 46.6 Å². The van der Waals surface area contributed by atoms with Crippen LogP contribution >= 0.6 is 11.3 Å². The van der Waals surface area contributed by atoms with Gasteiger partial charge in [-0.05, 0) is 75.9 Å². The third-order valence-corrected chi connectivity index (χ3v) is 12.9. The quantitative estimate of drug-likeness (QED) is 0.0832. The monoisotopic (exact) mass is 826 g/mol. The molecule has 1 aliphatic heterocycles. The zero-order chi connectivity index (χ0) is 42.7. The number of nitro groups is 1. The van der Waals surface area contributed by atoms with Crippen molar-refractivity contribution < 1.29 is 38.7 Å². The Hall–Kier alpha value is -4.44. The predicted octanol–water partition coefficient (Wildman–Crippen LogP) is 6.80. The van der Waals surface area contributed by atoms with Crippen LogP contribution in [0.15, 0.2) is 29.6 Å². The Bertz CT molecular complexity index is 1750. The number of likely N-dealkylation sites (tertiary alicyclic amines) is 1. The molecule has 6 atom stereocenters. The highest BCUT2D eigenvalue weighted by Gasteiger charge is 2.51. The van der Waals surface area contributed by atoms with Crippen molar-refractivity contribution in [2.24, 2.45) is 23.2 Å². The smallest absolute Gasteiger partial charge is 0.407 e. The summed E-state index contributed by atoms with van der Waals surface area (Å²) < 4.78 is 5.89. The van der Waals surface area contributed by atoms with Gasteiger partial charge in [0.1, 0.15) is 10.7 Å². The third kappa shape index (κ3) is 12.1. The van der Waals surface area contributed by atoms with Crippen molar-refractivity contribution in [1.29, 1.82) is 0 Å². The minimum absolute atomic E-state index is 0.0370. The number of carbonyl (C=O) groups is 5. The number of aliphatic carboxylic acids is 1. The van der Waals surface area contributed by atoms with E-state index in [0.29, 0.717) is 36.4 Å². The molecule has 2 heterocycles. The molecule has 16 heteroatoms. The summed E-state index contributed by atoms with van der Waals surface area (Å²) in [5.74, 6) is -2.09. The summed E-state index contributed by atoms with van der Waals surface area (Å²) in [7, 11) is 3.42. The van der Waals surface area contributed by atoms with E-state index in [-0.39, 0.29) is 66.6 Å². The van der Waals surface area contributed by atoms with Gasteiger partial charge in [-0.3, -0.25) is 34.2 Å². The highest BCUT2D eigenvalue weighted by molar-refractivity contribution is 7.09. The minimum atomic E-state index is -0.959. The number of piperidine rings is 1. The summed E-state index contributed by atoms with van der Waals surface area (Å²) in [4.78, 5) is 86.4. The first-order chi connectivity index (χ1) is 27.5. The maximum atomic E-state index is 14.7. The number of likely N-dealkylation sites (N-methyl/N-ethyl adjacent to an activating group) is 1. The Morgan fingerprint density at radius 2 is 1.81 bits per heavy atom. The van der Waals surface area contributed by atoms with Crippen LogP contribution in [0.2, 0.25) is 0 Å². The highest BCUT2D eigenvalue weighted by Crippen LogP contribution is 2.50. The first-order valence-corrected chi connectivity index (χ1v) is 21.6. The second-order valence-corrected chi connectivity index (χ2v) is 17.4. The van der Waals surface area contributed by atoms with Crippen molar-refractivity contribution in [2.75, 3.05) is 27.2 Å². The van der Waals surface area contributed by atoms with E-state index in [9.17, 15) is 39.2 Å². The molecule has 3 N–H and O–H groups in total. The number of rotatable bonds is 22. The Balaban J connectivity index is 1.59. The molecule has 1 saturated carbocycles. The minimum Gasteiger partial charge on any atom is -0.481 e. The van der Waals surface area contributed by atoms with Crippen LogP contribution in [0.3, 0.4) is 0 Å². The van der Waals surface area contributed by atoms with Crippen molar-refractivity contribution in [1.82, 2.24) is 25.4 Å². The molecule has 3 amide bonds. The zero-order valence-corrected chi connectivity index (χ0v) is 35.8. The van der Waals surface area contributed by atoms with Gasteiger partial charge in [-0.25, -0.2) is 9.78 Å². The van der Waals surface area contributed by atoms with Gasteiger partial charge in [0.05, 0.1) is 16.4 Å². The number of carboxylic acid groups (broad SMARTS) is 1. The normalized spacial score (nSPS) is 18.9. The van der Waals surface area contributed by atoms with E-state index in [1.54, 1.807) is 17.5 Å². The van der Waals surface area contributed by atoms with Crippen LogP contribution in [0.1, 0.15) is 126 Å². The fourth-order valence-electron chi connectivity index (χ4n) is 8.05. The number of carbonyl (C=O) groups excluding carboxylic acids is 4. The number of non-ortho nitro benzene ring substituents is 1. The molecular formula is C42H62N6O9S.